The summed E-state index contributed by atoms with van der Waals surface area (Å²) in [7, 11) is 1.62. The topological polar surface area (TPSA) is 109 Å². The average molecular weight is 473 g/mol. The van der Waals surface area contributed by atoms with Gasteiger partial charge < -0.3 is 14.6 Å². The molecule has 0 aliphatic rings. The second kappa shape index (κ2) is 10.3. The number of benzene rings is 2. The summed E-state index contributed by atoms with van der Waals surface area (Å²) in [6, 6.07) is 19.6. The molecule has 0 spiro atoms. The molecule has 9 heteroatoms. The Morgan fingerprint density at radius 1 is 1.18 bits per heavy atom. The van der Waals surface area contributed by atoms with Crippen LogP contribution in [0, 0.1) is 25.2 Å². The number of nitrogens with one attached hydrogen (secondary N) is 2. The van der Waals surface area contributed by atoms with E-state index in [0.717, 1.165) is 28.1 Å². The molecule has 1 amide bonds. The van der Waals surface area contributed by atoms with Crippen LogP contribution in [0.5, 0.6) is 5.75 Å². The van der Waals surface area contributed by atoms with Crippen LogP contribution >= 0.6 is 11.8 Å². The lowest BCUT2D eigenvalue weighted by molar-refractivity contribution is -0.113. The largest absolute Gasteiger partial charge is 0.497 e. The fraction of sp³-hybridized carbons (Fsp3) is 0.200. The summed E-state index contributed by atoms with van der Waals surface area (Å²) in [6.45, 7) is 4.41. The van der Waals surface area contributed by atoms with Gasteiger partial charge in [-0.1, -0.05) is 42.1 Å². The van der Waals surface area contributed by atoms with Crippen molar-refractivity contribution in [2.24, 2.45) is 0 Å². The van der Waals surface area contributed by atoms with Gasteiger partial charge in [0, 0.05) is 17.8 Å². The normalized spacial score (nSPS) is 10.6. The number of methoxy groups -OCH3 is 1. The second-order valence-electron chi connectivity index (χ2n) is 7.65. The third-order valence-electron chi connectivity index (χ3n) is 5.54. The van der Waals surface area contributed by atoms with Gasteiger partial charge in [0.05, 0.1) is 18.4 Å². The third kappa shape index (κ3) is 4.97. The molecule has 0 radical (unpaired) electrons. The van der Waals surface area contributed by atoms with Gasteiger partial charge in [0.2, 0.25) is 11.1 Å². The van der Waals surface area contributed by atoms with Crippen LogP contribution in [0.3, 0.4) is 0 Å². The molecule has 172 valence electrons. The minimum absolute atomic E-state index is 0.111. The molecule has 4 rings (SSSR count). The highest BCUT2D eigenvalue weighted by atomic mass is 32.2. The first-order valence-corrected chi connectivity index (χ1v) is 11.6. The van der Waals surface area contributed by atoms with Crippen LogP contribution in [0.2, 0.25) is 0 Å². The van der Waals surface area contributed by atoms with E-state index in [0.29, 0.717) is 28.9 Å². The van der Waals surface area contributed by atoms with Crippen molar-refractivity contribution in [1.82, 2.24) is 19.7 Å². The van der Waals surface area contributed by atoms with Gasteiger partial charge in [-0.25, -0.2) is 4.98 Å². The predicted octanol–water partition coefficient (Wildman–Crippen LogP) is 4.55. The number of ether oxygens (including phenoxy) is 1. The van der Waals surface area contributed by atoms with Gasteiger partial charge >= 0.3 is 0 Å². The molecule has 0 unspecified atom stereocenters. The number of aromatic nitrogens is 4. The van der Waals surface area contributed by atoms with E-state index in [4.69, 9.17) is 4.74 Å². The second-order valence-corrected chi connectivity index (χ2v) is 8.59. The maximum Gasteiger partial charge on any atom is 0.235 e. The Morgan fingerprint density at radius 2 is 1.91 bits per heavy atom. The van der Waals surface area contributed by atoms with Crippen molar-refractivity contribution in [2.75, 3.05) is 18.2 Å². The van der Waals surface area contributed by atoms with Crippen molar-refractivity contribution in [3.63, 3.8) is 0 Å². The van der Waals surface area contributed by atoms with E-state index in [1.807, 2.05) is 73.0 Å². The summed E-state index contributed by atoms with van der Waals surface area (Å²) in [5.41, 5.74) is 4.24. The van der Waals surface area contributed by atoms with Crippen molar-refractivity contribution in [3.8, 4) is 23.2 Å². The van der Waals surface area contributed by atoms with Crippen molar-refractivity contribution >= 4 is 23.5 Å². The number of rotatable bonds is 8. The van der Waals surface area contributed by atoms with E-state index >= 15 is 0 Å². The van der Waals surface area contributed by atoms with Crippen molar-refractivity contribution in [2.45, 2.75) is 25.5 Å². The first-order chi connectivity index (χ1) is 16.5. The van der Waals surface area contributed by atoms with Crippen LogP contribution in [-0.2, 0) is 11.3 Å². The van der Waals surface area contributed by atoms with E-state index in [-0.39, 0.29) is 11.7 Å². The summed E-state index contributed by atoms with van der Waals surface area (Å²) in [6.07, 6.45) is 0. The average Bonchev–Trinajstić information content (AvgIpc) is 3.42. The lowest BCUT2D eigenvalue weighted by Crippen LogP contribution is -2.18. The number of anilines is 1. The van der Waals surface area contributed by atoms with Crippen LogP contribution in [0.15, 0.2) is 59.8 Å². The third-order valence-corrected chi connectivity index (χ3v) is 6.39. The molecular formula is C25H24N6O2S. The van der Waals surface area contributed by atoms with Gasteiger partial charge in [0.1, 0.15) is 17.6 Å². The monoisotopic (exact) mass is 472 g/mol. The van der Waals surface area contributed by atoms with Gasteiger partial charge in [-0.2, -0.15) is 5.26 Å². The van der Waals surface area contributed by atoms with E-state index in [9.17, 15) is 10.1 Å². The number of amides is 1. The number of aromatic amines is 1. The molecular weight excluding hydrogens is 448 g/mol. The van der Waals surface area contributed by atoms with Crippen LogP contribution in [0.25, 0.3) is 11.4 Å². The van der Waals surface area contributed by atoms with Gasteiger partial charge in [0.15, 0.2) is 5.82 Å². The minimum Gasteiger partial charge on any atom is -0.497 e. The molecule has 8 nitrogen and oxygen atoms in total. The number of hydrogen-bond donors (Lipinski definition) is 2. The number of carbonyl (C=O) groups is 1. The SMILES string of the molecule is COc1ccc(-c2nc(SCC(=O)Nc3c(C#N)c(C)c(C)n3Cc3ccccc3)n[nH]2)cc1. The Morgan fingerprint density at radius 3 is 2.59 bits per heavy atom. The quantitative estimate of drug-likeness (QED) is 0.364. The van der Waals surface area contributed by atoms with Crippen LogP contribution in [0.1, 0.15) is 22.4 Å². The number of nitrogens with zero attached hydrogens (tertiary/aromatic N) is 4. The van der Waals surface area contributed by atoms with Crippen molar-refractivity contribution < 1.29 is 9.53 Å². The van der Waals surface area contributed by atoms with Gasteiger partial charge in [-0.15, -0.1) is 5.10 Å². The van der Waals surface area contributed by atoms with Gasteiger partial charge in [0.25, 0.3) is 0 Å². The van der Waals surface area contributed by atoms with Crippen LogP contribution in [0.4, 0.5) is 5.82 Å². The zero-order valence-corrected chi connectivity index (χ0v) is 19.9. The molecule has 0 aliphatic heterocycles. The minimum atomic E-state index is -0.232. The van der Waals surface area contributed by atoms with Crippen LogP contribution < -0.4 is 10.1 Å². The molecule has 0 fully saturated rings. The van der Waals surface area contributed by atoms with E-state index in [1.54, 1.807) is 7.11 Å². The van der Waals surface area contributed by atoms with E-state index in [2.05, 4.69) is 26.6 Å². The summed E-state index contributed by atoms with van der Waals surface area (Å²) >= 11 is 1.22. The van der Waals surface area contributed by atoms with E-state index in [1.165, 1.54) is 11.8 Å². The van der Waals surface area contributed by atoms with E-state index < -0.39 is 0 Å². The Kier molecular flexibility index (Phi) is 6.99. The molecule has 2 N–H and O–H groups in total. The molecule has 4 aromatic rings. The summed E-state index contributed by atoms with van der Waals surface area (Å²) in [4.78, 5) is 17.3. The maximum absolute atomic E-state index is 12.8. The van der Waals surface area contributed by atoms with Crippen molar-refractivity contribution in [3.05, 3.63) is 77.0 Å². The lowest BCUT2D eigenvalue weighted by Gasteiger charge is -2.13. The molecule has 0 atom stereocenters. The number of carbonyl (C=O) groups excluding carboxylic acids is 1. The standard InChI is InChI=1S/C25H24N6O2S/c1-16-17(2)31(14-18-7-5-4-6-8-18)24(21(16)13-26)27-22(32)15-34-25-28-23(29-30-25)19-9-11-20(33-3)12-10-19/h4-12H,14-15H2,1-3H3,(H,27,32)(H,28,29,30). The zero-order valence-electron chi connectivity index (χ0n) is 19.1. The van der Waals surface area contributed by atoms with Gasteiger partial charge in [-0.05, 0) is 49.2 Å². The summed E-state index contributed by atoms with van der Waals surface area (Å²) in [5, 5.41) is 20.2. The number of thioether (sulfide) groups is 1. The summed E-state index contributed by atoms with van der Waals surface area (Å²) < 4.78 is 7.15. The molecule has 2 aromatic heterocycles. The maximum atomic E-state index is 12.8. The molecule has 34 heavy (non-hydrogen) atoms. The Bertz CT molecular complexity index is 1340. The first-order valence-electron chi connectivity index (χ1n) is 10.6. The fourth-order valence-corrected chi connectivity index (χ4v) is 4.18. The molecule has 2 aromatic carbocycles. The molecule has 0 saturated heterocycles. The lowest BCUT2D eigenvalue weighted by atomic mass is 10.2. The Balaban J connectivity index is 1.45. The smallest absolute Gasteiger partial charge is 0.235 e. The first kappa shape index (κ1) is 23.1. The highest BCUT2D eigenvalue weighted by Crippen LogP contribution is 2.28. The fourth-order valence-electron chi connectivity index (χ4n) is 3.58. The number of H-pyrrole nitrogens is 1. The molecule has 0 saturated carbocycles. The van der Waals surface area contributed by atoms with Crippen LogP contribution in [-0.4, -0.2) is 38.5 Å². The summed E-state index contributed by atoms with van der Waals surface area (Å²) in [5.74, 6) is 1.76. The predicted molar refractivity (Wildman–Crippen MR) is 132 cm³/mol. The number of hydrogen-bond acceptors (Lipinski definition) is 6. The Hall–Kier alpha value is -4.03. The van der Waals surface area contributed by atoms with Crippen molar-refractivity contribution in [1.29, 1.82) is 5.26 Å². The highest BCUT2D eigenvalue weighted by Gasteiger charge is 2.20. The molecule has 2 heterocycles. The molecule has 0 aliphatic carbocycles. The molecule has 0 bridgehead atoms. The van der Waals surface area contributed by atoms with Gasteiger partial charge in [-0.3, -0.25) is 9.89 Å². The highest BCUT2D eigenvalue weighted by molar-refractivity contribution is 7.99. The Labute approximate surface area is 202 Å². The number of nitriles is 1. The zero-order chi connectivity index (χ0) is 24.1.